The van der Waals surface area contributed by atoms with E-state index in [2.05, 4.69) is 14.7 Å². The molecule has 0 aliphatic carbocycles. The van der Waals surface area contributed by atoms with Crippen molar-refractivity contribution < 1.29 is 14.8 Å². The number of carboxylic acid groups (broad SMARTS) is 1. The van der Waals surface area contributed by atoms with E-state index >= 15 is 0 Å². The Morgan fingerprint density at radius 3 is 2.79 bits per heavy atom. The first-order chi connectivity index (χ1) is 8.97. The molecule has 0 saturated carbocycles. The van der Waals surface area contributed by atoms with Crippen molar-refractivity contribution in [3.8, 4) is 0 Å². The number of nitro groups is 1. The van der Waals surface area contributed by atoms with E-state index in [4.69, 9.17) is 5.11 Å². The van der Waals surface area contributed by atoms with E-state index in [-0.39, 0.29) is 16.9 Å². The average molecular weight is 280 g/mol. The van der Waals surface area contributed by atoms with Gasteiger partial charge in [-0.2, -0.15) is 4.37 Å². The second-order valence-electron chi connectivity index (χ2n) is 3.57. The first-order valence-corrected chi connectivity index (χ1v) is 5.84. The molecule has 0 aliphatic heterocycles. The summed E-state index contributed by atoms with van der Waals surface area (Å²) in [6.45, 7) is 1.68. The van der Waals surface area contributed by atoms with Gasteiger partial charge in [0.05, 0.1) is 10.5 Å². The molecule has 1 aromatic carbocycles. The summed E-state index contributed by atoms with van der Waals surface area (Å²) >= 11 is 1.04. The van der Waals surface area contributed by atoms with Gasteiger partial charge in [0.15, 0.2) is 0 Å². The Labute approximate surface area is 111 Å². The number of carbonyl (C=O) groups is 1. The highest BCUT2D eigenvalue weighted by Gasteiger charge is 2.17. The fraction of sp³-hybridized carbons (Fsp3) is 0.100. The molecule has 0 saturated heterocycles. The number of nitro benzene ring substituents is 1. The molecule has 1 heterocycles. The van der Waals surface area contributed by atoms with Crippen LogP contribution in [0.2, 0.25) is 0 Å². The normalized spacial score (nSPS) is 10.2. The Morgan fingerprint density at radius 1 is 1.53 bits per heavy atom. The highest BCUT2D eigenvalue weighted by Crippen LogP contribution is 2.29. The van der Waals surface area contributed by atoms with Gasteiger partial charge in [0.1, 0.15) is 11.5 Å². The highest BCUT2D eigenvalue weighted by atomic mass is 32.1. The topological polar surface area (TPSA) is 118 Å². The molecule has 0 spiro atoms. The van der Waals surface area contributed by atoms with E-state index in [1.807, 2.05) is 0 Å². The van der Waals surface area contributed by atoms with Gasteiger partial charge in [0.25, 0.3) is 5.69 Å². The Kier molecular flexibility index (Phi) is 3.38. The number of aromatic nitrogens is 2. The second-order valence-corrected chi connectivity index (χ2v) is 4.32. The van der Waals surface area contributed by atoms with Gasteiger partial charge >= 0.3 is 5.97 Å². The van der Waals surface area contributed by atoms with Crippen LogP contribution in [0, 0.1) is 17.0 Å². The number of anilines is 2. The lowest BCUT2D eigenvalue weighted by molar-refractivity contribution is -0.383. The lowest BCUT2D eigenvalue weighted by Gasteiger charge is -2.04. The van der Waals surface area contributed by atoms with Gasteiger partial charge in [-0.1, -0.05) is 0 Å². The largest absolute Gasteiger partial charge is 0.478 e. The molecule has 0 fully saturated rings. The fourth-order valence-corrected chi connectivity index (χ4v) is 1.98. The lowest BCUT2D eigenvalue weighted by atomic mass is 10.2. The molecule has 2 rings (SSSR count). The quantitative estimate of drug-likeness (QED) is 0.650. The van der Waals surface area contributed by atoms with Crippen LogP contribution in [0.25, 0.3) is 0 Å². The summed E-state index contributed by atoms with van der Waals surface area (Å²) in [5, 5.41) is 22.8. The molecule has 0 bridgehead atoms. The SMILES string of the molecule is Cc1nsc(Nc2cc(C(=O)O)ccc2[N+](=O)[O-])n1. The van der Waals surface area contributed by atoms with Crippen molar-refractivity contribution in [3.05, 3.63) is 39.7 Å². The number of hydrogen-bond acceptors (Lipinski definition) is 7. The van der Waals surface area contributed by atoms with Gasteiger partial charge in [-0.05, 0) is 19.1 Å². The van der Waals surface area contributed by atoms with E-state index in [1.165, 1.54) is 12.1 Å². The molecule has 9 heteroatoms. The number of aryl methyl sites for hydroxylation is 1. The van der Waals surface area contributed by atoms with E-state index in [0.29, 0.717) is 11.0 Å². The molecular formula is C10H8N4O4S. The van der Waals surface area contributed by atoms with Crippen molar-refractivity contribution >= 4 is 34.0 Å². The maximum absolute atomic E-state index is 10.9. The van der Waals surface area contributed by atoms with Crippen molar-refractivity contribution in [2.24, 2.45) is 0 Å². The van der Waals surface area contributed by atoms with Gasteiger partial charge in [-0.15, -0.1) is 0 Å². The fourth-order valence-electron chi connectivity index (χ4n) is 1.39. The first-order valence-electron chi connectivity index (χ1n) is 5.06. The molecule has 0 atom stereocenters. The van der Waals surface area contributed by atoms with Crippen LogP contribution in [0.3, 0.4) is 0 Å². The van der Waals surface area contributed by atoms with E-state index < -0.39 is 10.9 Å². The van der Waals surface area contributed by atoms with Crippen molar-refractivity contribution in [1.82, 2.24) is 9.36 Å². The number of nitrogens with zero attached hydrogens (tertiary/aromatic N) is 3. The van der Waals surface area contributed by atoms with Gasteiger partial charge in [0, 0.05) is 17.6 Å². The number of benzene rings is 1. The molecular weight excluding hydrogens is 272 g/mol. The minimum absolute atomic E-state index is 0.0469. The van der Waals surface area contributed by atoms with Crippen LogP contribution in [0.4, 0.5) is 16.5 Å². The summed E-state index contributed by atoms with van der Waals surface area (Å²) in [5.74, 6) is -0.629. The molecule has 1 aromatic heterocycles. The second kappa shape index (κ2) is 4.98. The third-order valence-corrected chi connectivity index (χ3v) is 2.93. The van der Waals surface area contributed by atoms with Crippen LogP contribution in [0.5, 0.6) is 0 Å². The van der Waals surface area contributed by atoms with Crippen molar-refractivity contribution in [1.29, 1.82) is 0 Å². The minimum atomic E-state index is -1.16. The Morgan fingerprint density at radius 2 is 2.26 bits per heavy atom. The Balaban J connectivity index is 2.42. The molecule has 19 heavy (non-hydrogen) atoms. The lowest BCUT2D eigenvalue weighted by Crippen LogP contribution is -2.01. The molecule has 0 unspecified atom stereocenters. The zero-order valence-corrected chi connectivity index (χ0v) is 10.5. The molecule has 0 aliphatic rings. The predicted octanol–water partition coefficient (Wildman–Crippen LogP) is 2.20. The van der Waals surface area contributed by atoms with Crippen molar-refractivity contribution in [2.45, 2.75) is 6.92 Å². The van der Waals surface area contributed by atoms with Crippen molar-refractivity contribution in [2.75, 3.05) is 5.32 Å². The number of carboxylic acids is 1. The zero-order valence-electron chi connectivity index (χ0n) is 9.65. The third kappa shape index (κ3) is 2.83. The summed E-state index contributed by atoms with van der Waals surface area (Å²) in [4.78, 5) is 25.2. The number of rotatable bonds is 4. The molecule has 0 amide bonds. The summed E-state index contributed by atoms with van der Waals surface area (Å²) in [7, 11) is 0. The predicted molar refractivity (Wildman–Crippen MR) is 68.0 cm³/mol. The number of aromatic carboxylic acids is 1. The Bertz CT molecular complexity index is 655. The molecule has 98 valence electrons. The standard InChI is InChI=1S/C10H8N4O4S/c1-5-11-10(19-13-5)12-7-4-6(9(15)16)2-3-8(7)14(17)18/h2-4H,1H3,(H,15,16)(H,11,12,13). The van der Waals surface area contributed by atoms with Crippen LogP contribution in [-0.2, 0) is 0 Å². The Hall–Kier alpha value is -2.55. The molecule has 0 radical (unpaired) electrons. The van der Waals surface area contributed by atoms with Crippen LogP contribution in [0.15, 0.2) is 18.2 Å². The molecule has 8 nitrogen and oxygen atoms in total. The maximum atomic E-state index is 10.9. The average Bonchev–Trinajstić information content (AvgIpc) is 2.74. The van der Waals surface area contributed by atoms with E-state index in [1.54, 1.807) is 6.92 Å². The first kappa shape index (κ1) is 12.9. The van der Waals surface area contributed by atoms with E-state index in [0.717, 1.165) is 17.6 Å². The zero-order chi connectivity index (χ0) is 14.0. The monoisotopic (exact) mass is 280 g/mol. The molecule has 2 aromatic rings. The minimum Gasteiger partial charge on any atom is -0.478 e. The third-order valence-electron chi connectivity index (χ3n) is 2.21. The van der Waals surface area contributed by atoms with Crippen LogP contribution in [0.1, 0.15) is 16.2 Å². The summed E-state index contributed by atoms with van der Waals surface area (Å²) in [5.41, 5.74) is -0.201. The highest BCUT2D eigenvalue weighted by molar-refractivity contribution is 7.09. The van der Waals surface area contributed by atoms with Gasteiger partial charge in [0.2, 0.25) is 5.13 Å². The van der Waals surface area contributed by atoms with Gasteiger partial charge in [-0.3, -0.25) is 10.1 Å². The van der Waals surface area contributed by atoms with Crippen molar-refractivity contribution in [3.63, 3.8) is 0 Å². The summed E-state index contributed by atoms with van der Waals surface area (Å²) < 4.78 is 3.93. The maximum Gasteiger partial charge on any atom is 0.335 e. The number of nitrogens with one attached hydrogen (secondary N) is 1. The summed E-state index contributed by atoms with van der Waals surface area (Å²) in [6, 6.07) is 3.51. The summed E-state index contributed by atoms with van der Waals surface area (Å²) in [6.07, 6.45) is 0. The van der Waals surface area contributed by atoms with Crippen LogP contribution >= 0.6 is 11.5 Å². The van der Waals surface area contributed by atoms with Crippen LogP contribution < -0.4 is 5.32 Å². The van der Waals surface area contributed by atoms with Gasteiger partial charge in [-0.25, -0.2) is 9.78 Å². The number of hydrogen-bond donors (Lipinski definition) is 2. The molecule has 2 N–H and O–H groups in total. The van der Waals surface area contributed by atoms with Crippen LogP contribution in [-0.4, -0.2) is 25.4 Å². The van der Waals surface area contributed by atoms with E-state index in [9.17, 15) is 14.9 Å². The smallest absolute Gasteiger partial charge is 0.335 e. The van der Waals surface area contributed by atoms with Gasteiger partial charge < -0.3 is 10.4 Å².